The summed E-state index contributed by atoms with van der Waals surface area (Å²) in [4.78, 5) is 27.2. The van der Waals surface area contributed by atoms with E-state index in [0.717, 1.165) is 45.2 Å². The number of carbonyl (C=O) groups excluding carboxylic acids is 2. The molecule has 1 aliphatic heterocycles. The Morgan fingerprint density at radius 3 is 2.62 bits per heavy atom. The molecule has 1 aromatic carbocycles. The van der Waals surface area contributed by atoms with Crippen LogP contribution in [-0.2, 0) is 10.2 Å². The molecule has 5 rings (SSSR count). The van der Waals surface area contributed by atoms with Gasteiger partial charge in [-0.2, -0.15) is 0 Å². The zero-order valence-electron chi connectivity index (χ0n) is 16.7. The molecule has 1 spiro atoms. The topological polar surface area (TPSA) is 62.6 Å². The highest BCUT2D eigenvalue weighted by Gasteiger charge is 2.46. The zero-order valence-corrected chi connectivity index (χ0v) is 16.7. The molecule has 152 valence electrons. The van der Waals surface area contributed by atoms with Gasteiger partial charge in [-0.15, -0.1) is 0 Å². The van der Waals surface area contributed by atoms with Gasteiger partial charge < -0.3 is 14.6 Å². The fraction of sp³-hybridized carbons (Fsp3) is 0.500. The monoisotopic (exact) mass is 392 g/mol. The van der Waals surface area contributed by atoms with Crippen LogP contribution in [0, 0.1) is 0 Å². The Labute approximate surface area is 171 Å². The summed E-state index contributed by atoms with van der Waals surface area (Å²) in [5.41, 5.74) is 3.45. The SMILES string of the molecule is O=C(C[C@H]1CC2(CCN(C(=O)c3ccoc3)CC2)c2ccccc21)NC1CCC1. The second kappa shape index (κ2) is 7.36. The van der Waals surface area contributed by atoms with Crippen molar-refractivity contribution in [1.29, 1.82) is 0 Å². The summed E-state index contributed by atoms with van der Waals surface area (Å²) in [6.45, 7) is 1.50. The predicted octanol–water partition coefficient (Wildman–Crippen LogP) is 4.00. The molecule has 2 amide bonds. The van der Waals surface area contributed by atoms with E-state index in [1.807, 2.05) is 4.90 Å². The van der Waals surface area contributed by atoms with Gasteiger partial charge in [-0.25, -0.2) is 0 Å². The number of nitrogens with one attached hydrogen (secondary N) is 1. The standard InChI is InChI=1S/C24H28N2O3/c27-22(25-19-4-3-5-19)14-18-15-24(21-7-2-1-6-20(18)21)9-11-26(12-10-24)23(28)17-8-13-29-16-17/h1-2,6-8,13,16,18-19H,3-5,9-12,14-15H2,(H,25,27)/t18-/m0/s1. The highest BCUT2D eigenvalue weighted by Crippen LogP contribution is 2.52. The van der Waals surface area contributed by atoms with Crippen molar-refractivity contribution < 1.29 is 14.0 Å². The van der Waals surface area contributed by atoms with E-state index in [9.17, 15) is 9.59 Å². The predicted molar refractivity (Wildman–Crippen MR) is 110 cm³/mol. The van der Waals surface area contributed by atoms with E-state index in [1.165, 1.54) is 23.8 Å². The lowest BCUT2D eigenvalue weighted by molar-refractivity contribution is -0.122. The second-order valence-corrected chi connectivity index (χ2v) is 8.97. The minimum Gasteiger partial charge on any atom is -0.472 e. The number of furan rings is 1. The minimum absolute atomic E-state index is 0.0521. The third-order valence-corrected chi connectivity index (χ3v) is 7.29. The number of piperidine rings is 1. The van der Waals surface area contributed by atoms with Crippen LogP contribution in [0.15, 0.2) is 47.3 Å². The molecule has 5 heteroatoms. The van der Waals surface area contributed by atoms with E-state index in [4.69, 9.17) is 4.42 Å². The maximum absolute atomic E-state index is 12.7. The van der Waals surface area contributed by atoms with Crippen LogP contribution >= 0.6 is 0 Å². The van der Waals surface area contributed by atoms with Crippen molar-refractivity contribution in [2.45, 2.75) is 62.3 Å². The van der Waals surface area contributed by atoms with Gasteiger partial charge in [-0.05, 0) is 67.1 Å². The number of likely N-dealkylation sites (tertiary alicyclic amines) is 1. The van der Waals surface area contributed by atoms with Gasteiger partial charge in [-0.3, -0.25) is 9.59 Å². The van der Waals surface area contributed by atoms with Crippen molar-refractivity contribution in [2.24, 2.45) is 0 Å². The molecule has 0 bridgehead atoms. The minimum atomic E-state index is 0.0521. The van der Waals surface area contributed by atoms with E-state index < -0.39 is 0 Å². The Balaban J connectivity index is 1.29. The Morgan fingerprint density at radius 2 is 1.93 bits per heavy atom. The lowest BCUT2D eigenvalue weighted by atomic mass is 9.73. The molecule has 1 atom stereocenters. The molecule has 3 aliphatic rings. The number of hydrogen-bond acceptors (Lipinski definition) is 3. The molecule has 29 heavy (non-hydrogen) atoms. The van der Waals surface area contributed by atoms with Crippen LogP contribution < -0.4 is 5.32 Å². The number of hydrogen-bond donors (Lipinski definition) is 1. The average Bonchev–Trinajstić information content (AvgIpc) is 3.34. The molecule has 2 fully saturated rings. The summed E-state index contributed by atoms with van der Waals surface area (Å²) >= 11 is 0. The van der Waals surface area contributed by atoms with Gasteiger partial charge in [0.15, 0.2) is 0 Å². The number of fused-ring (bicyclic) bond motifs is 2. The number of carbonyl (C=O) groups is 2. The normalized spacial score (nSPS) is 22.9. The summed E-state index contributed by atoms with van der Waals surface area (Å²) in [7, 11) is 0. The molecule has 1 N–H and O–H groups in total. The molecule has 2 aliphatic carbocycles. The van der Waals surface area contributed by atoms with Gasteiger partial charge in [0.1, 0.15) is 6.26 Å². The van der Waals surface area contributed by atoms with E-state index in [1.54, 1.807) is 12.3 Å². The van der Waals surface area contributed by atoms with E-state index >= 15 is 0 Å². The molecular weight excluding hydrogens is 364 g/mol. The summed E-state index contributed by atoms with van der Waals surface area (Å²) in [6, 6.07) is 10.8. The Bertz CT molecular complexity index is 893. The zero-order chi connectivity index (χ0) is 19.8. The van der Waals surface area contributed by atoms with Crippen LogP contribution in [0.2, 0.25) is 0 Å². The number of amides is 2. The molecule has 0 unspecified atom stereocenters. The average molecular weight is 392 g/mol. The van der Waals surface area contributed by atoms with Crippen molar-refractivity contribution in [3.8, 4) is 0 Å². The molecule has 1 saturated carbocycles. The van der Waals surface area contributed by atoms with E-state index in [0.29, 0.717) is 18.0 Å². The lowest BCUT2D eigenvalue weighted by Crippen LogP contribution is -2.44. The highest BCUT2D eigenvalue weighted by atomic mass is 16.3. The molecule has 0 radical (unpaired) electrons. The summed E-state index contributed by atoms with van der Waals surface area (Å²) in [5.74, 6) is 0.526. The van der Waals surface area contributed by atoms with Crippen molar-refractivity contribution in [1.82, 2.24) is 10.2 Å². The maximum atomic E-state index is 12.7. The smallest absolute Gasteiger partial charge is 0.257 e. The van der Waals surface area contributed by atoms with Crippen LogP contribution in [0.3, 0.4) is 0 Å². The first kappa shape index (κ1) is 18.5. The first-order chi connectivity index (χ1) is 14.1. The van der Waals surface area contributed by atoms with Gasteiger partial charge in [-0.1, -0.05) is 24.3 Å². The fourth-order valence-electron chi connectivity index (χ4n) is 5.45. The van der Waals surface area contributed by atoms with Crippen molar-refractivity contribution in [3.05, 3.63) is 59.5 Å². The number of benzene rings is 1. The molecule has 1 saturated heterocycles. The number of rotatable bonds is 4. The van der Waals surface area contributed by atoms with Crippen LogP contribution in [-0.4, -0.2) is 35.8 Å². The third kappa shape index (κ3) is 3.37. The second-order valence-electron chi connectivity index (χ2n) is 8.97. The number of nitrogens with zero attached hydrogens (tertiary/aromatic N) is 1. The lowest BCUT2D eigenvalue weighted by Gasteiger charge is -2.40. The highest BCUT2D eigenvalue weighted by molar-refractivity contribution is 5.93. The van der Waals surface area contributed by atoms with Gasteiger partial charge in [0.25, 0.3) is 5.91 Å². The molecule has 1 aromatic heterocycles. The summed E-state index contributed by atoms with van der Waals surface area (Å²) in [6.07, 6.45) is 10.0. The van der Waals surface area contributed by atoms with Gasteiger partial charge in [0, 0.05) is 25.6 Å². The third-order valence-electron chi connectivity index (χ3n) is 7.29. The molecule has 2 aromatic rings. The van der Waals surface area contributed by atoms with Gasteiger partial charge >= 0.3 is 0 Å². The Kier molecular flexibility index (Phi) is 4.69. The van der Waals surface area contributed by atoms with E-state index in [-0.39, 0.29) is 23.1 Å². The van der Waals surface area contributed by atoms with Crippen molar-refractivity contribution in [2.75, 3.05) is 13.1 Å². The molecular formula is C24H28N2O3. The molecule has 5 nitrogen and oxygen atoms in total. The quantitative estimate of drug-likeness (QED) is 0.855. The van der Waals surface area contributed by atoms with Crippen LogP contribution in [0.25, 0.3) is 0 Å². The largest absolute Gasteiger partial charge is 0.472 e. The van der Waals surface area contributed by atoms with Crippen molar-refractivity contribution in [3.63, 3.8) is 0 Å². The first-order valence-corrected chi connectivity index (χ1v) is 10.8. The van der Waals surface area contributed by atoms with Crippen LogP contribution in [0.5, 0.6) is 0 Å². The van der Waals surface area contributed by atoms with Crippen LogP contribution in [0.4, 0.5) is 0 Å². The van der Waals surface area contributed by atoms with Crippen molar-refractivity contribution >= 4 is 11.8 Å². The van der Waals surface area contributed by atoms with Gasteiger partial charge in [0.2, 0.25) is 5.91 Å². The Morgan fingerprint density at radius 1 is 1.14 bits per heavy atom. The maximum Gasteiger partial charge on any atom is 0.257 e. The summed E-state index contributed by atoms with van der Waals surface area (Å²) < 4.78 is 5.07. The fourth-order valence-corrected chi connectivity index (χ4v) is 5.45. The Hall–Kier alpha value is -2.56. The van der Waals surface area contributed by atoms with E-state index in [2.05, 4.69) is 29.6 Å². The first-order valence-electron chi connectivity index (χ1n) is 10.8. The van der Waals surface area contributed by atoms with Crippen LogP contribution in [0.1, 0.15) is 72.3 Å². The van der Waals surface area contributed by atoms with Gasteiger partial charge in [0.05, 0.1) is 11.8 Å². The molecule has 2 heterocycles. The summed E-state index contributed by atoms with van der Waals surface area (Å²) in [5, 5.41) is 3.20.